The van der Waals surface area contributed by atoms with E-state index in [1.807, 2.05) is 18.2 Å². The highest BCUT2D eigenvalue weighted by molar-refractivity contribution is 5.98. The van der Waals surface area contributed by atoms with Gasteiger partial charge in [-0.3, -0.25) is 4.79 Å². The molecular weight excluding hydrogens is 267 g/mol. The van der Waals surface area contributed by atoms with Crippen LogP contribution in [0.5, 0.6) is 0 Å². The molecule has 0 atom stereocenters. The summed E-state index contributed by atoms with van der Waals surface area (Å²) < 4.78 is 12.8. The molecule has 0 radical (unpaired) electrons. The number of anilines is 1. The molecule has 2 N–H and O–H groups in total. The van der Waals surface area contributed by atoms with Crippen LogP contribution in [-0.4, -0.2) is 18.9 Å². The Hall–Kier alpha value is -2.20. The number of Topliss-reactive ketones (excluding diaryl/α,β-unsaturated/α-hetero) is 1. The summed E-state index contributed by atoms with van der Waals surface area (Å²) in [7, 11) is 0. The van der Waals surface area contributed by atoms with Gasteiger partial charge in [0.15, 0.2) is 5.78 Å². The van der Waals surface area contributed by atoms with Crippen molar-refractivity contribution in [3.05, 3.63) is 65.0 Å². The highest BCUT2D eigenvalue weighted by Crippen LogP contribution is 2.23. The normalized spacial score (nSPS) is 12.8. The summed E-state index contributed by atoms with van der Waals surface area (Å²) >= 11 is 0. The highest BCUT2D eigenvalue weighted by atomic mass is 19.1. The van der Waals surface area contributed by atoms with E-state index >= 15 is 0 Å². The van der Waals surface area contributed by atoms with Crippen molar-refractivity contribution in [3.8, 4) is 0 Å². The minimum atomic E-state index is -0.249. The zero-order valence-corrected chi connectivity index (χ0v) is 11.7. The van der Waals surface area contributed by atoms with E-state index in [1.54, 1.807) is 12.1 Å². The fourth-order valence-electron chi connectivity index (χ4n) is 2.50. The smallest absolute Gasteiger partial charge is 0.176 e. The topological polar surface area (TPSA) is 41.1 Å². The molecule has 2 aromatic rings. The van der Waals surface area contributed by atoms with E-state index in [-0.39, 0.29) is 18.1 Å². The Balaban J connectivity index is 1.55. The summed E-state index contributed by atoms with van der Waals surface area (Å²) in [5.74, 6) is -0.173. The van der Waals surface area contributed by atoms with Crippen molar-refractivity contribution in [3.63, 3.8) is 0 Å². The van der Waals surface area contributed by atoms with E-state index in [0.29, 0.717) is 6.54 Å². The molecule has 4 heteroatoms. The molecule has 0 aromatic heterocycles. The SMILES string of the molecule is O=C(CNCc1ccc(F)cc1)c1ccc2c(c1)CCN2. The molecule has 1 heterocycles. The van der Waals surface area contributed by atoms with Crippen LogP contribution in [0.2, 0.25) is 0 Å². The van der Waals surface area contributed by atoms with Crippen molar-refractivity contribution < 1.29 is 9.18 Å². The quantitative estimate of drug-likeness (QED) is 0.830. The summed E-state index contributed by atoms with van der Waals surface area (Å²) in [5.41, 5.74) is 4.04. The van der Waals surface area contributed by atoms with Crippen molar-refractivity contribution >= 4 is 11.5 Å². The maximum atomic E-state index is 12.8. The van der Waals surface area contributed by atoms with Crippen molar-refractivity contribution in [1.29, 1.82) is 0 Å². The maximum absolute atomic E-state index is 12.8. The number of carbonyl (C=O) groups is 1. The van der Waals surface area contributed by atoms with Crippen LogP contribution in [-0.2, 0) is 13.0 Å². The first kappa shape index (κ1) is 13.8. The molecule has 0 aliphatic carbocycles. The minimum absolute atomic E-state index is 0.0758. The van der Waals surface area contributed by atoms with Crippen molar-refractivity contribution in [2.24, 2.45) is 0 Å². The van der Waals surface area contributed by atoms with Gasteiger partial charge in [0, 0.05) is 24.3 Å². The second kappa shape index (κ2) is 6.06. The lowest BCUT2D eigenvalue weighted by atomic mass is 10.1. The molecule has 0 fully saturated rings. The van der Waals surface area contributed by atoms with Gasteiger partial charge >= 0.3 is 0 Å². The molecular formula is C17H17FN2O. The molecule has 1 aliphatic rings. The van der Waals surface area contributed by atoms with Gasteiger partial charge in [-0.05, 0) is 47.9 Å². The van der Waals surface area contributed by atoms with Crippen LogP contribution >= 0.6 is 0 Å². The average molecular weight is 284 g/mol. The number of nitrogens with one attached hydrogen (secondary N) is 2. The Bertz CT molecular complexity index is 652. The number of fused-ring (bicyclic) bond motifs is 1. The third kappa shape index (κ3) is 3.28. The van der Waals surface area contributed by atoms with Crippen LogP contribution in [0.25, 0.3) is 0 Å². The van der Waals surface area contributed by atoms with Gasteiger partial charge in [0.1, 0.15) is 5.82 Å². The summed E-state index contributed by atoms with van der Waals surface area (Å²) in [4.78, 5) is 12.1. The van der Waals surface area contributed by atoms with Gasteiger partial charge < -0.3 is 10.6 Å². The van der Waals surface area contributed by atoms with Gasteiger partial charge in [-0.15, -0.1) is 0 Å². The first-order valence-corrected chi connectivity index (χ1v) is 7.07. The summed E-state index contributed by atoms with van der Waals surface area (Å²) in [6, 6.07) is 12.1. The van der Waals surface area contributed by atoms with Crippen molar-refractivity contribution in [2.45, 2.75) is 13.0 Å². The predicted octanol–water partition coefficient (Wildman–Crippen LogP) is 2.77. The van der Waals surface area contributed by atoms with Gasteiger partial charge in [0.2, 0.25) is 0 Å². The largest absolute Gasteiger partial charge is 0.384 e. The molecule has 21 heavy (non-hydrogen) atoms. The van der Waals surface area contributed by atoms with Crippen LogP contribution in [0, 0.1) is 5.82 Å². The number of carbonyl (C=O) groups excluding carboxylic acids is 1. The Kier molecular flexibility index (Phi) is 3.97. The molecule has 0 saturated carbocycles. The van der Waals surface area contributed by atoms with Crippen LogP contribution in [0.4, 0.5) is 10.1 Å². The summed E-state index contributed by atoms with van der Waals surface area (Å²) in [6.07, 6.45) is 0.972. The van der Waals surface area contributed by atoms with E-state index in [9.17, 15) is 9.18 Å². The molecule has 3 rings (SSSR count). The zero-order valence-electron chi connectivity index (χ0n) is 11.7. The van der Waals surface area contributed by atoms with Crippen molar-refractivity contribution in [1.82, 2.24) is 5.32 Å². The van der Waals surface area contributed by atoms with E-state index < -0.39 is 0 Å². The lowest BCUT2D eigenvalue weighted by Gasteiger charge is -2.06. The standard InChI is InChI=1S/C17H17FN2O/c18-15-4-1-12(2-5-15)10-19-11-17(21)14-3-6-16-13(9-14)7-8-20-16/h1-6,9,19-20H,7-8,10-11H2. The van der Waals surface area contributed by atoms with Gasteiger partial charge in [0.25, 0.3) is 0 Å². The van der Waals surface area contributed by atoms with Crippen LogP contribution in [0.3, 0.4) is 0 Å². The third-order valence-electron chi connectivity index (χ3n) is 3.66. The van der Waals surface area contributed by atoms with Crippen LogP contribution in [0.1, 0.15) is 21.5 Å². The number of halogens is 1. The summed E-state index contributed by atoms with van der Waals surface area (Å²) in [5, 5.41) is 6.38. The number of hydrogen-bond acceptors (Lipinski definition) is 3. The lowest BCUT2D eigenvalue weighted by molar-refractivity contribution is 0.0990. The van der Waals surface area contributed by atoms with E-state index in [2.05, 4.69) is 10.6 Å². The molecule has 0 bridgehead atoms. The summed E-state index contributed by atoms with van der Waals surface area (Å²) in [6.45, 7) is 1.78. The highest BCUT2D eigenvalue weighted by Gasteiger charge is 2.13. The number of hydrogen-bond donors (Lipinski definition) is 2. The number of benzene rings is 2. The molecule has 0 unspecified atom stereocenters. The first-order chi connectivity index (χ1) is 10.2. The molecule has 0 amide bonds. The van der Waals surface area contributed by atoms with E-state index in [1.165, 1.54) is 17.7 Å². The Morgan fingerprint density at radius 1 is 1.19 bits per heavy atom. The van der Waals surface area contributed by atoms with Crippen LogP contribution in [0.15, 0.2) is 42.5 Å². The van der Waals surface area contributed by atoms with E-state index in [4.69, 9.17) is 0 Å². The predicted molar refractivity (Wildman–Crippen MR) is 81.1 cm³/mol. The Morgan fingerprint density at radius 3 is 2.81 bits per heavy atom. The molecule has 0 saturated heterocycles. The Morgan fingerprint density at radius 2 is 2.00 bits per heavy atom. The molecule has 1 aliphatic heterocycles. The monoisotopic (exact) mass is 284 g/mol. The fraction of sp³-hybridized carbons (Fsp3) is 0.235. The van der Waals surface area contributed by atoms with Gasteiger partial charge in [-0.25, -0.2) is 4.39 Å². The molecule has 0 spiro atoms. The van der Waals surface area contributed by atoms with Gasteiger partial charge in [-0.2, -0.15) is 0 Å². The second-order valence-electron chi connectivity index (χ2n) is 5.20. The number of ketones is 1. The Labute approximate surface area is 123 Å². The third-order valence-corrected chi connectivity index (χ3v) is 3.66. The maximum Gasteiger partial charge on any atom is 0.176 e. The number of rotatable bonds is 5. The van der Waals surface area contributed by atoms with Gasteiger partial charge in [-0.1, -0.05) is 12.1 Å². The van der Waals surface area contributed by atoms with E-state index in [0.717, 1.165) is 29.8 Å². The zero-order chi connectivity index (χ0) is 14.7. The molecule has 108 valence electrons. The second-order valence-corrected chi connectivity index (χ2v) is 5.20. The van der Waals surface area contributed by atoms with Crippen molar-refractivity contribution in [2.75, 3.05) is 18.4 Å². The first-order valence-electron chi connectivity index (χ1n) is 7.07. The van der Waals surface area contributed by atoms with Gasteiger partial charge in [0.05, 0.1) is 6.54 Å². The lowest BCUT2D eigenvalue weighted by Crippen LogP contribution is -2.22. The molecule has 2 aromatic carbocycles. The van der Waals surface area contributed by atoms with Crippen LogP contribution < -0.4 is 10.6 Å². The molecule has 3 nitrogen and oxygen atoms in total. The fourth-order valence-corrected chi connectivity index (χ4v) is 2.50. The average Bonchev–Trinajstić information content (AvgIpc) is 2.96. The minimum Gasteiger partial charge on any atom is -0.384 e.